The average Bonchev–Trinajstić information content (AvgIpc) is 3.20. The number of hydrogen-bond acceptors (Lipinski definition) is 7. The standard InChI is InChI=1S/C19H25N7O/c1-15(2)27-19-17-11-16(3-4-18(17)21-13-22-19)25-8-5-24(6-9-25)7-10-26-14-20-12-23-26/h3-4,11-15H,5-10H2,1-2H3. The van der Waals surface area contributed by atoms with Crippen LogP contribution in [0.4, 0.5) is 5.69 Å². The second kappa shape index (κ2) is 7.87. The topological polar surface area (TPSA) is 72.2 Å². The molecule has 27 heavy (non-hydrogen) atoms. The molecular weight excluding hydrogens is 342 g/mol. The summed E-state index contributed by atoms with van der Waals surface area (Å²) in [6.07, 6.45) is 5.00. The summed E-state index contributed by atoms with van der Waals surface area (Å²) < 4.78 is 7.74. The lowest BCUT2D eigenvalue weighted by Gasteiger charge is -2.36. The van der Waals surface area contributed by atoms with Gasteiger partial charge in [-0.15, -0.1) is 0 Å². The van der Waals surface area contributed by atoms with Gasteiger partial charge in [0, 0.05) is 38.4 Å². The molecule has 142 valence electrons. The highest BCUT2D eigenvalue weighted by Crippen LogP contribution is 2.27. The number of nitrogens with zero attached hydrogens (tertiary/aromatic N) is 7. The molecule has 0 spiro atoms. The highest BCUT2D eigenvalue weighted by atomic mass is 16.5. The lowest BCUT2D eigenvalue weighted by atomic mass is 10.2. The predicted molar refractivity (Wildman–Crippen MR) is 104 cm³/mol. The lowest BCUT2D eigenvalue weighted by molar-refractivity contribution is 0.235. The Bertz CT molecular complexity index is 873. The van der Waals surface area contributed by atoms with E-state index in [-0.39, 0.29) is 6.10 Å². The number of benzene rings is 1. The number of rotatable bonds is 6. The third kappa shape index (κ3) is 4.16. The molecule has 2 aromatic heterocycles. The first-order valence-electron chi connectivity index (χ1n) is 9.40. The van der Waals surface area contributed by atoms with Gasteiger partial charge in [-0.1, -0.05) is 0 Å². The zero-order valence-corrected chi connectivity index (χ0v) is 15.8. The molecule has 0 radical (unpaired) electrons. The van der Waals surface area contributed by atoms with E-state index in [9.17, 15) is 0 Å². The van der Waals surface area contributed by atoms with Crippen LogP contribution in [0.15, 0.2) is 37.2 Å². The number of fused-ring (bicyclic) bond motifs is 1. The van der Waals surface area contributed by atoms with E-state index in [2.05, 4.69) is 48.0 Å². The first-order valence-corrected chi connectivity index (χ1v) is 9.40. The second-order valence-electron chi connectivity index (χ2n) is 7.03. The molecule has 0 bridgehead atoms. The van der Waals surface area contributed by atoms with Gasteiger partial charge in [-0.3, -0.25) is 9.58 Å². The van der Waals surface area contributed by atoms with Crippen LogP contribution >= 0.6 is 0 Å². The SMILES string of the molecule is CC(C)Oc1ncnc2ccc(N3CCN(CCn4cncn4)CC3)cc12. The highest BCUT2D eigenvalue weighted by molar-refractivity contribution is 5.86. The van der Waals surface area contributed by atoms with Gasteiger partial charge in [0.25, 0.3) is 0 Å². The van der Waals surface area contributed by atoms with E-state index >= 15 is 0 Å². The molecule has 0 amide bonds. The third-order valence-corrected chi connectivity index (χ3v) is 4.78. The van der Waals surface area contributed by atoms with Gasteiger partial charge in [0.1, 0.15) is 19.0 Å². The van der Waals surface area contributed by atoms with E-state index < -0.39 is 0 Å². The molecule has 1 aromatic carbocycles. The minimum Gasteiger partial charge on any atom is -0.474 e. The summed E-state index contributed by atoms with van der Waals surface area (Å²) in [4.78, 5) is 17.6. The molecule has 8 heteroatoms. The summed E-state index contributed by atoms with van der Waals surface area (Å²) in [5.74, 6) is 0.656. The van der Waals surface area contributed by atoms with Crippen LogP contribution in [0.25, 0.3) is 10.9 Å². The molecule has 0 atom stereocenters. The van der Waals surface area contributed by atoms with Gasteiger partial charge in [-0.2, -0.15) is 5.10 Å². The summed E-state index contributed by atoms with van der Waals surface area (Å²) >= 11 is 0. The van der Waals surface area contributed by atoms with Crippen LogP contribution in [0.5, 0.6) is 5.88 Å². The van der Waals surface area contributed by atoms with Crippen molar-refractivity contribution in [2.45, 2.75) is 26.5 Å². The summed E-state index contributed by atoms with van der Waals surface area (Å²) in [5, 5.41) is 5.14. The minimum atomic E-state index is 0.0836. The molecule has 0 aliphatic carbocycles. The summed E-state index contributed by atoms with van der Waals surface area (Å²) in [5.41, 5.74) is 2.11. The molecule has 0 saturated carbocycles. The van der Waals surface area contributed by atoms with Crippen LogP contribution in [0.2, 0.25) is 0 Å². The molecule has 1 aliphatic heterocycles. The van der Waals surface area contributed by atoms with E-state index in [1.165, 1.54) is 5.69 Å². The van der Waals surface area contributed by atoms with Gasteiger partial charge >= 0.3 is 0 Å². The maximum Gasteiger partial charge on any atom is 0.224 e. The van der Waals surface area contributed by atoms with Crippen molar-refractivity contribution in [1.82, 2.24) is 29.6 Å². The zero-order valence-electron chi connectivity index (χ0n) is 15.8. The smallest absolute Gasteiger partial charge is 0.224 e. The second-order valence-corrected chi connectivity index (χ2v) is 7.03. The van der Waals surface area contributed by atoms with Crippen molar-refractivity contribution in [2.75, 3.05) is 37.6 Å². The summed E-state index contributed by atoms with van der Waals surface area (Å²) in [6.45, 7) is 9.96. The van der Waals surface area contributed by atoms with E-state index in [4.69, 9.17) is 4.74 Å². The Balaban J connectivity index is 1.42. The Labute approximate surface area is 158 Å². The molecule has 3 aromatic rings. The lowest BCUT2D eigenvalue weighted by Crippen LogP contribution is -2.47. The molecule has 1 aliphatic rings. The monoisotopic (exact) mass is 367 g/mol. The Hall–Kier alpha value is -2.74. The summed E-state index contributed by atoms with van der Waals surface area (Å²) in [7, 11) is 0. The van der Waals surface area contributed by atoms with Crippen molar-refractivity contribution in [3.05, 3.63) is 37.2 Å². The van der Waals surface area contributed by atoms with Crippen molar-refractivity contribution >= 4 is 16.6 Å². The van der Waals surface area contributed by atoms with Crippen LogP contribution in [0.1, 0.15) is 13.8 Å². The van der Waals surface area contributed by atoms with Crippen molar-refractivity contribution < 1.29 is 4.74 Å². The molecule has 4 rings (SSSR count). The van der Waals surface area contributed by atoms with Crippen molar-refractivity contribution in [3.63, 3.8) is 0 Å². The van der Waals surface area contributed by atoms with Gasteiger partial charge in [0.2, 0.25) is 5.88 Å². The molecule has 8 nitrogen and oxygen atoms in total. The molecule has 3 heterocycles. The molecular formula is C19H25N7O. The number of anilines is 1. The molecule has 0 N–H and O–H groups in total. The number of piperazine rings is 1. The van der Waals surface area contributed by atoms with Crippen molar-refractivity contribution in [3.8, 4) is 5.88 Å². The Morgan fingerprint density at radius 3 is 2.63 bits per heavy atom. The highest BCUT2D eigenvalue weighted by Gasteiger charge is 2.18. The van der Waals surface area contributed by atoms with Crippen molar-refractivity contribution in [2.24, 2.45) is 0 Å². The fourth-order valence-corrected chi connectivity index (χ4v) is 3.36. The van der Waals surface area contributed by atoms with Gasteiger partial charge in [0.15, 0.2) is 0 Å². The van der Waals surface area contributed by atoms with Gasteiger partial charge in [-0.05, 0) is 32.0 Å². The first kappa shape index (κ1) is 17.7. The van der Waals surface area contributed by atoms with Gasteiger partial charge in [0.05, 0.1) is 23.6 Å². The van der Waals surface area contributed by atoms with Crippen LogP contribution in [-0.4, -0.2) is 68.5 Å². The largest absolute Gasteiger partial charge is 0.474 e. The maximum atomic E-state index is 5.86. The fourth-order valence-electron chi connectivity index (χ4n) is 3.36. The summed E-state index contributed by atoms with van der Waals surface area (Å²) in [6, 6.07) is 6.34. The molecule has 1 saturated heterocycles. The Kier molecular flexibility index (Phi) is 5.15. The van der Waals surface area contributed by atoms with Crippen LogP contribution < -0.4 is 9.64 Å². The Morgan fingerprint density at radius 2 is 1.89 bits per heavy atom. The van der Waals surface area contributed by atoms with E-state index in [1.807, 2.05) is 18.5 Å². The molecule has 0 unspecified atom stereocenters. The average molecular weight is 367 g/mol. The van der Waals surface area contributed by atoms with Gasteiger partial charge < -0.3 is 9.64 Å². The Morgan fingerprint density at radius 1 is 1.04 bits per heavy atom. The molecule has 1 fully saturated rings. The number of ether oxygens (including phenoxy) is 1. The normalized spacial score (nSPS) is 15.6. The number of hydrogen-bond donors (Lipinski definition) is 0. The first-order chi connectivity index (χ1) is 13.2. The van der Waals surface area contributed by atoms with Crippen LogP contribution in [0.3, 0.4) is 0 Å². The van der Waals surface area contributed by atoms with E-state index in [1.54, 1.807) is 19.0 Å². The number of aromatic nitrogens is 5. The minimum absolute atomic E-state index is 0.0836. The quantitative estimate of drug-likeness (QED) is 0.658. The predicted octanol–water partition coefficient (Wildman–Crippen LogP) is 1.83. The van der Waals surface area contributed by atoms with Crippen LogP contribution in [0, 0.1) is 0 Å². The van der Waals surface area contributed by atoms with Gasteiger partial charge in [-0.25, -0.2) is 15.0 Å². The van der Waals surface area contributed by atoms with Crippen molar-refractivity contribution in [1.29, 1.82) is 0 Å². The van der Waals surface area contributed by atoms with E-state index in [0.29, 0.717) is 5.88 Å². The third-order valence-electron chi connectivity index (χ3n) is 4.78. The van der Waals surface area contributed by atoms with E-state index in [0.717, 1.165) is 50.2 Å². The zero-order chi connectivity index (χ0) is 18.6. The fraction of sp³-hybridized carbons (Fsp3) is 0.474. The maximum absolute atomic E-state index is 5.86. The van der Waals surface area contributed by atoms with Crippen LogP contribution in [-0.2, 0) is 6.54 Å².